The van der Waals surface area contributed by atoms with Gasteiger partial charge in [0.05, 0.1) is 18.0 Å². The van der Waals surface area contributed by atoms with Crippen LogP contribution in [0, 0.1) is 10.1 Å². The summed E-state index contributed by atoms with van der Waals surface area (Å²) in [5, 5.41) is 25.3. The van der Waals surface area contributed by atoms with E-state index < -0.39 is 40.8 Å². The number of non-ortho nitro benzene ring substituents is 1. The molecule has 29 heavy (non-hydrogen) atoms. The monoisotopic (exact) mass is 407 g/mol. The molecule has 1 heterocycles. The van der Waals surface area contributed by atoms with Crippen molar-refractivity contribution in [2.45, 2.75) is 44.2 Å². The summed E-state index contributed by atoms with van der Waals surface area (Å²) < 4.78 is 4.89. The minimum absolute atomic E-state index is 0.0873. The summed E-state index contributed by atoms with van der Waals surface area (Å²) in [7, 11) is 0. The zero-order valence-electron chi connectivity index (χ0n) is 15.6. The van der Waals surface area contributed by atoms with Gasteiger partial charge in [0.2, 0.25) is 11.8 Å². The molecule has 0 spiro atoms. The normalized spacial score (nSPS) is 17.7. The zero-order valence-corrected chi connectivity index (χ0v) is 15.6. The molecule has 3 N–H and O–H groups in total. The minimum Gasteiger partial charge on any atom is -0.480 e. The van der Waals surface area contributed by atoms with Crippen molar-refractivity contribution in [1.82, 2.24) is 10.6 Å². The van der Waals surface area contributed by atoms with Crippen molar-refractivity contribution in [2.75, 3.05) is 6.61 Å². The van der Waals surface area contributed by atoms with Gasteiger partial charge >= 0.3 is 11.9 Å². The lowest BCUT2D eigenvalue weighted by molar-refractivity contribution is -0.384. The third-order valence-electron chi connectivity index (χ3n) is 4.50. The SMILES string of the molecule is CCOC(=O)C[C@@H](c1ccc([N+](=O)[O-])cc1)[C@@H](NC(=O)[C@@H]1CCC(=O)N1)C(=O)O. The van der Waals surface area contributed by atoms with E-state index in [4.69, 9.17) is 4.74 Å². The minimum atomic E-state index is -1.51. The summed E-state index contributed by atoms with van der Waals surface area (Å²) >= 11 is 0. The Kier molecular flexibility index (Phi) is 7.23. The zero-order chi connectivity index (χ0) is 21.6. The van der Waals surface area contributed by atoms with E-state index >= 15 is 0 Å². The molecule has 1 fully saturated rings. The average Bonchev–Trinajstić information content (AvgIpc) is 3.11. The Morgan fingerprint density at radius 3 is 2.48 bits per heavy atom. The Bertz CT molecular complexity index is 808. The number of nitrogens with zero attached hydrogens (tertiary/aromatic N) is 1. The van der Waals surface area contributed by atoms with E-state index in [1.54, 1.807) is 6.92 Å². The molecule has 11 heteroatoms. The van der Waals surface area contributed by atoms with E-state index in [0.717, 1.165) is 0 Å². The molecule has 3 atom stereocenters. The number of nitro groups is 1. The lowest BCUT2D eigenvalue weighted by Crippen LogP contribution is -2.51. The fourth-order valence-corrected chi connectivity index (χ4v) is 3.07. The number of rotatable bonds is 9. The summed E-state index contributed by atoms with van der Waals surface area (Å²) in [6.45, 7) is 1.68. The van der Waals surface area contributed by atoms with E-state index in [-0.39, 0.29) is 37.5 Å². The first-order chi connectivity index (χ1) is 13.7. The van der Waals surface area contributed by atoms with E-state index in [9.17, 15) is 34.4 Å². The molecule has 0 aromatic heterocycles. The predicted octanol–water partition coefficient (Wildman–Crippen LogP) is 0.480. The number of carbonyl (C=O) groups excluding carboxylic acids is 3. The molecule has 1 aliphatic heterocycles. The number of carbonyl (C=O) groups is 4. The summed E-state index contributed by atoms with van der Waals surface area (Å²) in [4.78, 5) is 57.9. The number of nitro benzene ring substituents is 1. The highest BCUT2D eigenvalue weighted by molar-refractivity contribution is 5.93. The molecule has 0 unspecified atom stereocenters. The lowest BCUT2D eigenvalue weighted by Gasteiger charge is -2.26. The fraction of sp³-hybridized carbons (Fsp3) is 0.444. The first-order valence-electron chi connectivity index (χ1n) is 8.95. The maximum atomic E-state index is 12.4. The standard InChI is InChI=1S/C18H21N3O8/c1-2-29-15(23)9-12(10-3-5-11(6-4-10)21(27)28)16(18(25)26)20-17(24)13-7-8-14(22)19-13/h3-6,12-13,16H,2,7-9H2,1H3,(H,19,22)(H,20,24)(H,25,26)/t12-,13-,16+/m0/s1. The highest BCUT2D eigenvalue weighted by atomic mass is 16.6. The van der Waals surface area contributed by atoms with Gasteiger partial charge in [-0.15, -0.1) is 0 Å². The maximum absolute atomic E-state index is 12.4. The summed E-state index contributed by atoms with van der Waals surface area (Å²) in [5.41, 5.74) is 0.111. The smallest absolute Gasteiger partial charge is 0.326 e. The molecular formula is C18H21N3O8. The second-order valence-corrected chi connectivity index (χ2v) is 6.45. The largest absolute Gasteiger partial charge is 0.480 e. The number of carboxylic acid groups (broad SMARTS) is 1. The number of hydrogen-bond acceptors (Lipinski definition) is 7. The van der Waals surface area contributed by atoms with Gasteiger partial charge in [-0.2, -0.15) is 0 Å². The number of ether oxygens (including phenoxy) is 1. The van der Waals surface area contributed by atoms with Crippen molar-refractivity contribution in [1.29, 1.82) is 0 Å². The highest BCUT2D eigenvalue weighted by Crippen LogP contribution is 2.27. The van der Waals surface area contributed by atoms with E-state index in [0.29, 0.717) is 5.56 Å². The molecule has 0 aliphatic carbocycles. The molecule has 2 rings (SSSR count). The molecule has 1 aromatic carbocycles. The number of carboxylic acids is 1. The van der Waals surface area contributed by atoms with Gasteiger partial charge < -0.3 is 20.5 Å². The van der Waals surface area contributed by atoms with E-state index in [2.05, 4.69) is 10.6 Å². The van der Waals surface area contributed by atoms with Crippen molar-refractivity contribution in [3.8, 4) is 0 Å². The van der Waals surface area contributed by atoms with Crippen LogP contribution in [-0.4, -0.2) is 52.5 Å². The van der Waals surface area contributed by atoms with Crippen molar-refractivity contribution in [2.24, 2.45) is 0 Å². The Morgan fingerprint density at radius 2 is 2.00 bits per heavy atom. The van der Waals surface area contributed by atoms with Crippen LogP contribution in [0.15, 0.2) is 24.3 Å². The van der Waals surface area contributed by atoms with Crippen LogP contribution in [0.3, 0.4) is 0 Å². The van der Waals surface area contributed by atoms with Crippen LogP contribution in [0.25, 0.3) is 0 Å². The molecular weight excluding hydrogens is 386 g/mol. The number of amides is 2. The third-order valence-corrected chi connectivity index (χ3v) is 4.50. The quantitative estimate of drug-likeness (QED) is 0.302. The van der Waals surface area contributed by atoms with Gasteiger partial charge in [0.25, 0.3) is 5.69 Å². The van der Waals surface area contributed by atoms with Crippen molar-refractivity contribution >= 4 is 29.4 Å². The van der Waals surface area contributed by atoms with E-state index in [1.807, 2.05) is 0 Å². The summed E-state index contributed by atoms with van der Waals surface area (Å²) in [6.07, 6.45) is 0.0292. The second-order valence-electron chi connectivity index (χ2n) is 6.45. The first kappa shape index (κ1) is 21.8. The van der Waals surface area contributed by atoms with Crippen LogP contribution in [0.2, 0.25) is 0 Å². The molecule has 0 bridgehead atoms. The van der Waals surface area contributed by atoms with Gasteiger partial charge in [-0.25, -0.2) is 4.79 Å². The average molecular weight is 407 g/mol. The van der Waals surface area contributed by atoms with Crippen molar-refractivity contribution in [3.63, 3.8) is 0 Å². The first-order valence-corrected chi connectivity index (χ1v) is 8.95. The van der Waals surface area contributed by atoms with Gasteiger partial charge in [-0.3, -0.25) is 24.5 Å². The Labute approximate surface area is 165 Å². The van der Waals surface area contributed by atoms with Crippen LogP contribution in [0.4, 0.5) is 5.69 Å². The van der Waals surface area contributed by atoms with Crippen LogP contribution < -0.4 is 10.6 Å². The summed E-state index contributed by atoms with van der Waals surface area (Å²) in [6, 6.07) is 2.68. The summed E-state index contributed by atoms with van der Waals surface area (Å²) in [5.74, 6) is -4.09. The molecule has 1 aromatic rings. The van der Waals surface area contributed by atoms with E-state index in [1.165, 1.54) is 24.3 Å². The number of benzene rings is 1. The second kappa shape index (κ2) is 9.62. The van der Waals surface area contributed by atoms with Crippen LogP contribution in [0.1, 0.15) is 37.7 Å². The van der Waals surface area contributed by atoms with Gasteiger partial charge in [-0.1, -0.05) is 12.1 Å². The van der Waals surface area contributed by atoms with Crippen molar-refractivity contribution < 1.29 is 33.9 Å². The van der Waals surface area contributed by atoms with Crippen LogP contribution in [0.5, 0.6) is 0 Å². The van der Waals surface area contributed by atoms with Crippen LogP contribution in [-0.2, 0) is 23.9 Å². The Balaban J connectivity index is 2.30. The number of aliphatic carboxylic acids is 1. The van der Waals surface area contributed by atoms with Crippen LogP contribution >= 0.6 is 0 Å². The Hall–Kier alpha value is -3.50. The van der Waals surface area contributed by atoms with Crippen molar-refractivity contribution in [3.05, 3.63) is 39.9 Å². The lowest BCUT2D eigenvalue weighted by atomic mass is 9.88. The maximum Gasteiger partial charge on any atom is 0.326 e. The molecule has 156 valence electrons. The number of hydrogen-bond donors (Lipinski definition) is 3. The Morgan fingerprint density at radius 1 is 1.34 bits per heavy atom. The van der Waals surface area contributed by atoms with Gasteiger partial charge in [0, 0.05) is 24.5 Å². The van der Waals surface area contributed by atoms with Gasteiger partial charge in [-0.05, 0) is 18.9 Å². The number of nitrogens with one attached hydrogen (secondary N) is 2. The molecule has 11 nitrogen and oxygen atoms in total. The third kappa shape index (κ3) is 5.74. The predicted molar refractivity (Wildman–Crippen MR) is 97.8 cm³/mol. The topological polar surface area (TPSA) is 165 Å². The molecule has 0 radical (unpaired) electrons. The number of esters is 1. The fourth-order valence-electron chi connectivity index (χ4n) is 3.07. The molecule has 1 saturated heterocycles. The molecule has 1 aliphatic rings. The highest BCUT2D eigenvalue weighted by Gasteiger charge is 2.36. The molecule has 0 saturated carbocycles. The van der Waals surface area contributed by atoms with Gasteiger partial charge in [0.1, 0.15) is 12.1 Å². The van der Waals surface area contributed by atoms with Gasteiger partial charge in [0.15, 0.2) is 0 Å². The molecule has 2 amide bonds.